The summed E-state index contributed by atoms with van der Waals surface area (Å²) in [7, 11) is 0. The number of hydrogen-bond acceptors (Lipinski definition) is 4. The van der Waals surface area contributed by atoms with Gasteiger partial charge in [0.05, 0.1) is 22.4 Å². The van der Waals surface area contributed by atoms with Gasteiger partial charge in [0.1, 0.15) is 0 Å². The molecule has 0 saturated heterocycles. The Kier molecular flexibility index (Phi) is 9.74. The molecule has 0 aliphatic heterocycles. The van der Waals surface area contributed by atoms with Crippen LogP contribution in [0.3, 0.4) is 0 Å². The molecule has 4 aromatic heterocycles. The van der Waals surface area contributed by atoms with Crippen LogP contribution in [0.2, 0.25) is 17.3 Å². The van der Waals surface area contributed by atoms with Gasteiger partial charge < -0.3 is 8.98 Å². The first kappa shape index (κ1) is 33.8. The van der Waals surface area contributed by atoms with Gasteiger partial charge in [-0.1, -0.05) is 41.3 Å². The average molecular weight is 910 g/mol. The summed E-state index contributed by atoms with van der Waals surface area (Å²) >= 11 is -2.24. The van der Waals surface area contributed by atoms with Gasteiger partial charge in [0.25, 0.3) is 0 Å². The van der Waals surface area contributed by atoms with Crippen molar-refractivity contribution in [1.29, 1.82) is 0 Å². The molecule has 0 atom stereocenters. The van der Waals surface area contributed by atoms with Gasteiger partial charge in [-0.3, -0.25) is 4.98 Å². The maximum Gasteiger partial charge on any atom is 0 e. The van der Waals surface area contributed by atoms with Gasteiger partial charge in [0, 0.05) is 36.9 Å². The second-order valence-electron chi connectivity index (χ2n) is 14.6. The van der Waals surface area contributed by atoms with E-state index < -0.39 is 25.1 Å². The molecule has 51 heavy (non-hydrogen) atoms. The summed E-state index contributed by atoms with van der Waals surface area (Å²) in [6.45, 7) is 7.85. The number of benzene rings is 4. The minimum Gasteiger partial charge on any atom is 0 e. The van der Waals surface area contributed by atoms with Gasteiger partial charge in [0.15, 0.2) is 0 Å². The van der Waals surface area contributed by atoms with Crippen molar-refractivity contribution in [2.45, 2.75) is 51.3 Å². The van der Waals surface area contributed by atoms with Gasteiger partial charge in [-0.15, -0.1) is 18.2 Å². The molecule has 7 heteroatoms. The maximum absolute atomic E-state index is 8.76. The second-order valence-corrected chi connectivity index (χ2v) is 25.2. The molecule has 0 bridgehead atoms. The fourth-order valence-corrected chi connectivity index (χ4v) is 9.10. The Bertz CT molecular complexity index is 2540. The molecule has 0 saturated carbocycles. The van der Waals surface area contributed by atoms with E-state index in [9.17, 15) is 0 Å². The van der Waals surface area contributed by atoms with Crippen LogP contribution < -0.4 is 4.40 Å². The van der Waals surface area contributed by atoms with Crippen LogP contribution in [0, 0.1) is 24.5 Å². The van der Waals surface area contributed by atoms with Crippen molar-refractivity contribution in [3.8, 4) is 28.3 Å². The molecule has 5 nitrogen and oxygen atoms in total. The number of hydrogen-bond donors (Lipinski definition) is 0. The van der Waals surface area contributed by atoms with E-state index in [1.54, 1.807) is 0 Å². The molecule has 1 radical (unpaired) electrons. The number of para-hydroxylation sites is 3. The zero-order chi connectivity index (χ0) is 36.8. The fraction of sp³-hybridized carbons (Fsp3) is 0.205. The van der Waals surface area contributed by atoms with Gasteiger partial charge in [-0.25, -0.2) is 4.98 Å². The summed E-state index contributed by atoms with van der Waals surface area (Å²) in [5.41, 5.74) is 8.22. The van der Waals surface area contributed by atoms with Crippen LogP contribution in [0.15, 0.2) is 120 Å². The molecule has 8 aromatic rings. The van der Waals surface area contributed by atoms with Crippen molar-refractivity contribution in [2.75, 3.05) is 0 Å². The summed E-state index contributed by atoms with van der Waals surface area (Å²) < 4.78 is 27.0. The molecule has 0 amide bonds. The van der Waals surface area contributed by atoms with Crippen LogP contribution in [-0.2, 0) is 26.5 Å². The summed E-state index contributed by atoms with van der Waals surface area (Å²) in [6, 6.07) is 42.7. The van der Waals surface area contributed by atoms with Gasteiger partial charge in [-0.2, -0.15) is 0 Å². The Morgan fingerprint density at radius 1 is 0.824 bits per heavy atom. The number of aryl methyl sites for hydroxylation is 1. The van der Waals surface area contributed by atoms with E-state index in [0.29, 0.717) is 5.71 Å². The third-order valence-electron chi connectivity index (χ3n) is 8.44. The van der Waals surface area contributed by atoms with Crippen LogP contribution in [0.4, 0.5) is 0 Å². The third kappa shape index (κ3) is 7.79. The molecule has 4 aromatic carbocycles. The van der Waals surface area contributed by atoms with E-state index in [1.165, 1.54) is 0 Å². The molecular formula is C44H42GeIrN4O-2. The first-order valence-corrected chi connectivity index (χ1v) is 24.3. The minimum absolute atomic E-state index is 0. The number of fused-ring (bicyclic) bond motifs is 4. The van der Waals surface area contributed by atoms with E-state index in [-0.39, 0.29) is 20.1 Å². The van der Waals surface area contributed by atoms with Crippen molar-refractivity contribution in [3.63, 3.8) is 0 Å². The zero-order valence-electron chi connectivity index (χ0n) is 32.0. The number of imidazole rings is 1. The molecule has 0 N–H and O–H groups in total. The first-order chi connectivity index (χ1) is 24.7. The number of nitrogens with zero attached hydrogens (tertiary/aromatic N) is 4. The van der Waals surface area contributed by atoms with Crippen LogP contribution in [-0.4, -0.2) is 32.8 Å². The largest absolute Gasteiger partial charge is 0 e. The predicted octanol–water partition coefficient (Wildman–Crippen LogP) is 10.8. The Morgan fingerprint density at radius 2 is 1.57 bits per heavy atom. The van der Waals surface area contributed by atoms with Crippen LogP contribution in [0.1, 0.15) is 34.8 Å². The molecule has 0 aliphatic rings. The Hall–Kier alpha value is -4.36. The minimum atomic E-state index is -2.24. The smallest absolute Gasteiger partial charge is 0 e. The SMILES string of the molecule is Cc1ccc2c(n1)oc1c(-c3nc4ccccc4n3-c3ccccc3)[c-]ccc12.[2H]C([2H])(c1cc(-c2[c-]cccc2)nc[c]1[Ge]([CH3])([CH3])[CH3])C(C)(C)C.[Ir]. The molecule has 259 valence electrons. The van der Waals surface area contributed by atoms with Crippen LogP contribution in [0.25, 0.3) is 61.4 Å². The molecule has 0 aliphatic carbocycles. The van der Waals surface area contributed by atoms with Crippen molar-refractivity contribution < 1.29 is 27.3 Å². The summed E-state index contributed by atoms with van der Waals surface area (Å²) in [4.78, 5) is 14.1. The van der Waals surface area contributed by atoms with Crippen molar-refractivity contribution in [2.24, 2.45) is 5.41 Å². The normalized spacial score (nSPS) is 12.6. The number of rotatable bonds is 5. The Morgan fingerprint density at radius 3 is 2.29 bits per heavy atom. The number of furan rings is 1. The van der Waals surface area contributed by atoms with E-state index in [4.69, 9.17) is 12.1 Å². The van der Waals surface area contributed by atoms with Crippen molar-refractivity contribution in [1.82, 2.24) is 19.5 Å². The standard InChI is InChI=1S/C25H16N3O.C19H26GeN.Ir/c1-16-14-15-19-18-10-7-11-20(23(18)29-25(19)26-16)24-27-21-12-5-6-13-22(21)28(24)17-8-3-2-4-9-17;1-19(2,3)13-16-12-18(15-10-8-7-9-11-15)21-14-17(16)20(4,5)6;/h2-10,12-15H,1H3;7-10,12,14H,13H2,1-6H3;/q2*-1;/i;13D2;. The Balaban J connectivity index is 0.000000184. The van der Waals surface area contributed by atoms with E-state index in [0.717, 1.165) is 71.4 Å². The van der Waals surface area contributed by atoms with Crippen LogP contribution >= 0.6 is 0 Å². The molecule has 8 rings (SSSR count). The van der Waals surface area contributed by atoms with E-state index >= 15 is 0 Å². The van der Waals surface area contributed by atoms with Crippen molar-refractivity contribution >= 4 is 50.8 Å². The average Bonchev–Trinajstić information content (AvgIpc) is 3.70. The molecule has 0 fully saturated rings. The van der Waals surface area contributed by atoms with Crippen molar-refractivity contribution in [3.05, 3.63) is 139 Å². The van der Waals surface area contributed by atoms with Gasteiger partial charge in [-0.05, 0) is 43.3 Å². The first-order valence-electron chi connectivity index (χ1n) is 18.0. The topological polar surface area (TPSA) is 56.7 Å². The molecular weight excluding hydrogens is 865 g/mol. The molecule has 4 heterocycles. The predicted molar refractivity (Wildman–Crippen MR) is 210 cm³/mol. The maximum atomic E-state index is 8.76. The number of pyridine rings is 2. The quantitative estimate of drug-likeness (QED) is 0.128. The fourth-order valence-electron chi connectivity index (χ4n) is 6.17. The van der Waals surface area contributed by atoms with Gasteiger partial charge >= 0.3 is 135 Å². The van der Waals surface area contributed by atoms with Gasteiger partial charge in [0.2, 0.25) is 5.71 Å². The van der Waals surface area contributed by atoms with E-state index in [1.807, 2.05) is 119 Å². The van der Waals surface area contributed by atoms with Crippen LogP contribution in [0.5, 0.6) is 0 Å². The summed E-state index contributed by atoms with van der Waals surface area (Å²) in [5, 5.41) is 2.02. The Labute approximate surface area is 319 Å². The third-order valence-corrected chi connectivity index (χ3v) is 12.7. The number of aromatic nitrogens is 4. The monoisotopic (exact) mass is 911 g/mol. The molecule has 0 unspecified atom stereocenters. The second kappa shape index (κ2) is 14.7. The summed E-state index contributed by atoms with van der Waals surface area (Å²) in [5.74, 6) is 7.66. The molecule has 0 spiro atoms. The van der Waals surface area contributed by atoms with E-state index in [2.05, 4.69) is 68.2 Å². The zero-order valence-corrected chi connectivity index (χ0v) is 34.5. The summed E-state index contributed by atoms with van der Waals surface area (Å²) in [6.07, 6.45) is 0.502.